The summed E-state index contributed by atoms with van der Waals surface area (Å²) in [4.78, 5) is 24.2. The molecule has 0 spiro atoms. The van der Waals surface area contributed by atoms with Crippen LogP contribution in [-0.2, 0) is 11.4 Å². The fourth-order valence-electron chi connectivity index (χ4n) is 2.66. The van der Waals surface area contributed by atoms with Crippen molar-refractivity contribution < 1.29 is 14.3 Å². The van der Waals surface area contributed by atoms with E-state index in [0.29, 0.717) is 40.3 Å². The van der Waals surface area contributed by atoms with Gasteiger partial charge >= 0.3 is 6.03 Å². The summed E-state index contributed by atoms with van der Waals surface area (Å²) in [5, 5.41) is 14.2. The van der Waals surface area contributed by atoms with Crippen LogP contribution in [-0.4, -0.2) is 38.5 Å². The number of imide groups is 1. The van der Waals surface area contributed by atoms with Gasteiger partial charge in [-0.3, -0.25) is 14.7 Å². The van der Waals surface area contributed by atoms with Crippen LogP contribution in [0.1, 0.15) is 45.5 Å². The van der Waals surface area contributed by atoms with Crippen LogP contribution in [0.4, 0.5) is 4.79 Å². The molecule has 1 unspecified atom stereocenters. The number of para-hydroxylation sites is 1. The lowest BCUT2D eigenvalue weighted by Crippen LogP contribution is -2.43. The first-order chi connectivity index (χ1) is 14.3. The van der Waals surface area contributed by atoms with Crippen molar-refractivity contribution in [3.05, 3.63) is 35.1 Å². The fraction of sp³-hybridized carbons (Fsp3) is 0.500. The lowest BCUT2D eigenvalue weighted by atomic mass is 10.2. The van der Waals surface area contributed by atoms with E-state index in [4.69, 9.17) is 16.3 Å². The monoisotopic (exact) mass is 451 g/mol. The zero-order chi connectivity index (χ0) is 21.7. The molecule has 1 aromatic heterocycles. The van der Waals surface area contributed by atoms with Crippen LogP contribution in [0.15, 0.2) is 29.4 Å². The highest BCUT2D eigenvalue weighted by molar-refractivity contribution is 8.00. The Balaban J connectivity index is 1.61. The Hall–Kier alpha value is -2.26. The standard InChI is InChI=1S/C20H26ClN5O3S/c1-12(2)10-22-19(28)23-18(27)13(3)30-20-25-24-17(26(20)14-8-9-14)11-29-16-7-5-4-6-15(16)21/h4-7,12-14H,8-11H2,1-3H3,(H2,22,23,27,28). The molecular weight excluding hydrogens is 426 g/mol. The largest absolute Gasteiger partial charge is 0.484 e. The molecule has 1 atom stereocenters. The lowest BCUT2D eigenvalue weighted by molar-refractivity contribution is -0.119. The molecule has 1 aliphatic carbocycles. The number of hydrogen-bond donors (Lipinski definition) is 2. The second kappa shape index (κ2) is 10.2. The van der Waals surface area contributed by atoms with E-state index in [0.717, 1.165) is 12.8 Å². The zero-order valence-electron chi connectivity index (χ0n) is 17.2. The Morgan fingerprint density at radius 3 is 2.67 bits per heavy atom. The molecule has 2 aromatic rings. The Labute approximate surface area is 185 Å². The summed E-state index contributed by atoms with van der Waals surface area (Å²) in [7, 11) is 0. The molecule has 0 saturated heterocycles. The van der Waals surface area contributed by atoms with Crippen molar-refractivity contribution in [2.45, 2.75) is 56.7 Å². The first-order valence-corrected chi connectivity index (χ1v) is 11.2. The van der Waals surface area contributed by atoms with Crippen LogP contribution in [0, 0.1) is 5.92 Å². The number of benzene rings is 1. The third-order valence-electron chi connectivity index (χ3n) is 4.40. The third kappa shape index (κ3) is 6.12. The molecule has 0 aliphatic heterocycles. The van der Waals surface area contributed by atoms with Crippen molar-refractivity contribution in [3.8, 4) is 5.75 Å². The van der Waals surface area contributed by atoms with Gasteiger partial charge in [0.1, 0.15) is 12.4 Å². The van der Waals surface area contributed by atoms with E-state index in [-0.39, 0.29) is 12.5 Å². The molecule has 1 saturated carbocycles. The number of urea groups is 1. The number of hydrogen-bond acceptors (Lipinski definition) is 6. The molecule has 0 radical (unpaired) electrons. The van der Waals surface area contributed by atoms with Crippen molar-refractivity contribution >= 4 is 35.3 Å². The molecule has 1 aromatic carbocycles. The SMILES string of the molecule is CC(C)CNC(=O)NC(=O)C(C)Sc1nnc(COc2ccccc2Cl)n1C1CC1. The first kappa shape index (κ1) is 22.4. The summed E-state index contributed by atoms with van der Waals surface area (Å²) >= 11 is 7.42. The maximum atomic E-state index is 12.4. The van der Waals surface area contributed by atoms with Gasteiger partial charge in [-0.25, -0.2) is 4.79 Å². The van der Waals surface area contributed by atoms with Gasteiger partial charge in [-0.15, -0.1) is 10.2 Å². The van der Waals surface area contributed by atoms with Gasteiger partial charge in [0.2, 0.25) is 5.91 Å². The van der Waals surface area contributed by atoms with Crippen LogP contribution in [0.2, 0.25) is 5.02 Å². The number of nitrogens with zero attached hydrogens (tertiary/aromatic N) is 3. The highest BCUT2D eigenvalue weighted by atomic mass is 35.5. The molecular formula is C20H26ClN5O3S. The Bertz CT molecular complexity index is 900. The van der Waals surface area contributed by atoms with Gasteiger partial charge in [-0.05, 0) is 37.8 Å². The zero-order valence-corrected chi connectivity index (χ0v) is 18.8. The number of halogens is 1. The number of carbonyl (C=O) groups is 2. The molecule has 8 nitrogen and oxygen atoms in total. The number of aromatic nitrogens is 3. The van der Waals surface area contributed by atoms with Crippen LogP contribution < -0.4 is 15.4 Å². The summed E-state index contributed by atoms with van der Waals surface area (Å²) in [6.07, 6.45) is 2.06. The van der Waals surface area contributed by atoms with Gasteiger partial charge < -0.3 is 10.1 Å². The highest BCUT2D eigenvalue weighted by Crippen LogP contribution is 2.39. The van der Waals surface area contributed by atoms with Gasteiger partial charge in [0.05, 0.1) is 10.3 Å². The molecule has 2 N–H and O–H groups in total. The van der Waals surface area contributed by atoms with Crippen molar-refractivity contribution in [1.29, 1.82) is 0 Å². The van der Waals surface area contributed by atoms with Gasteiger partial charge in [0.15, 0.2) is 11.0 Å². The molecule has 1 fully saturated rings. The van der Waals surface area contributed by atoms with E-state index in [1.54, 1.807) is 19.1 Å². The first-order valence-electron chi connectivity index (χ1n) is 9.91. The predicted molar refractivity (Wildman–Crippen MR) is 116 cm³/mol. The van der Waals surface area contributed by atoms with Gasteiger partial charge in [-0.1, -0.05) is 49.3 Å². The Morgan fingerprint density at radius 2 is 2.00 bits per heavy atom. The maximum absolute atomic E-state index is 12.4. The summed E-state index contributed by atoms with van der Waals surface area (Å²) in [5.74, 6) is 1.20. The van der Waals surface area contributed by atoms with Gasteiger partial charge in [0, 0.05) is 12.6 Å². The second-order valence-corrected chi connectivity index (χ2v) is 9.29. The third-order valence-corrected chi connectivity index (χ3v) is 5.77. The fourth-order valence-corrected chi connectivity index (χ4v) is 3.78. The molecule has 3 rings (SSSR count). The number of rotatable bonds is 9. The molecule has 1 heterocycles. The summed E-state index contributed by atoms with van der Waals surface area (Å²) in [6, 6.07) is 7.07. The highest BCUT2D eigenvalue weighted by Gasteiger charge is 2.31. The molecule has 30 heavy (non-hydrogen) atoms. The van der Waals surface area contributed by atoms with Gasteiger partial charge in [-0.2, -0.15) is 0 Å². The molecule has 3 amide bonds. The van der Waals surface area contributed by atoms with Gasteiger partial charge in [0.25, 0.3) is 0 Å². The number of thioether (sulfide) groups is 1. The quantitative estimate of drug-likeness (QED) is 0.562. The Morgan fingerprint density at radius 1 is 1.27 bits per heavy atom. The minimum absolute atomic E-state index is 0.228. The molecule has 0 bridgehead atoms. The maximum Gasteiger partial charge on any atom is 0.321 e. The van der Waals surface area contributed by atoms with Crippen molar-refractivity contribution in [3.63, 3.8) is 0 Å². The smallest absolute Gasteiger partial charge is 0.321 e. The average molecular weight is 452 g/mol. The average Bonchev–Trinajstić information content (AvgIpc) is 3.47. The molecule has 1 aliphatic rings. The minimum atomic E-state index is -0.506. The predicted octanol–water partition coefficient (Wildman–Crippen LogP) is 3.81. The van der Waals surface area contributed by atoms with Crippen LogP contribution in [0.25, 0.3) is 0 Å². The lowest BCUT2D eigenvalue weighted by Gasteiger charge is -2.14. The van der Waals surface area contributed by atoms with E-state index in [2.05, 4.69) is 20.8 Å². The minimum Gasteiger partial charge on any atom is -0.484 e. The van der Waals surface area contributed by atoms with Crippen molar-refractivity contribution in [1.82, 2.24) is 25.4 Å². The summed E-state index contributed by atoms with van der Waals surface area (Å²) < 4.78 is 7.83. The normalized spacial score (nSPS) is 14.4. The topological polar surface area (TPSA) is 98.1 Å². The molecule has 162 valence electrons. The summed E-state index contributed by atoms with van der Waals surface area (Å²) in [5.41, 5.74) is 0. The number of carbonyl (C=O) groups excluding carboxylic acids is 2. The molecule has 10 heteroatoms. The van der Waals surface area contributed by atoms with Crippen molar-refractivity contribution in [2.24, 2.45) is 5.92 Å². The number of nitrogens with one attached hydrogen (secondary N) is 2. The van der Waals surface area contributed by atoms with Crippen LogP contribution >= 0.6 is 23.4 Å². The van der Waals surface area contributed by atoms with E-state index in [1.165, 1.54) is 11.8 Å². The van der Waals surface area contributed by atoms with E-state index >= 15 is 0 Å². The van der Waals surface area contributed by atoms with E-state index in [1.807, 2.05) is 30.5 Å². The second-order valence-electron chi connectivity index (χ2n) is 7.57. The number of amides is 3. The van der Waals surface area contributed by atoms with Crippen molar-refractivity contribution in [2.75, 3.05) is 6.54 Å². The van der Waals surface area contributed by atoms with Crippen LogP contribution in [0.5, 0.6) is 5.75 Å². The Kier molecular flexibility index (Phi) is 7.60. The summed E-state index contributed by atoms with van der Waals surface area (Å²) in [6.45, 7) is 6.44. The van der Waals surface area contributed by atoms with E-state index < -0.39 is 11.3 Å². The number of ether oxygens (including phenoxy) is 1. The van der Waals surface area contributed by atoms with Crippen LogP contribution in [0.3, 0.4) is 0 Å². The van der Waals surface area contributed by atoms with E-state index in [9.17, 15) is 9.59 Å².